The molecule has 0 spiro atoms. The Morgan fingerprint density at radius 3 is 2.53 bits per heavy atom. The van der Waals surface area contributed by atoms with E-state index in [2.05, 4.69) is 75.2 Å². The van der Waals surface area contributed by atoms with Crippen molar-refractivity contribution in [1.82, 2.24) is 0 Å². The van der Waals surface area contributed by atoms with Crippen molar-refractivity contribution in [3.8, 4) is 0 Å². The van der Waals surface area contributed by atoms with Crippen molar-refractivity contribution < 1.29 is 0 Å². The number of hydrogen-bond acceptors (Lipinski definition) is 2. The van der Waals surface area contributed by atoms with Crippen LogP contribution in [0.15, 0.2) is 40.2 Å². The van der Waals surface area contributed by atoms with Crippen LogP contribution in [0.5, 0.6) is 0 Å². The van der Waals surface area contributed by atoms with E-state index in [1.165, 1.54) is 11.1 Å². The molecule has 2 rings (SSSR count). The van der Waals surface area contributed by atoms with Gasteiger partial charge < -0.3 is 0 Å². The molecule has 2 heteroatoms. The summed E-state index contributed by atoms with van der Waals surface area (Å²) in [5.41, 5.74) is 3.86. The second-order valence-corrected chi connectivity index (χ2v) is 6.42. The van der Waals surface area contributed by atoms with E-state index >= 15 is 0 Å². The predicted molar refractivity (Wildman–Crippen MR) is 80.9 cm³/mol. The molecule has 0 saturated carbocycles. The number of azo groups is 1. The summed E-state index contributed by atoms with van der Waals surface area (Å²) in [5.74, 6) is 0.439. The van der Waals surface area contributed by atoms with Crippen molar-refractivity contribution >= 4 is 6.08 Å². The summed E-state index contributed by atoms with van der Waals surface area (Å²) in [6.45, 7) is 11.2. The second kappa shape index (κ2) is 5.28. The van der Waals surface area contributed by atoms with E-state index in [0.717, 1.165) is 12.1 Å². The van der Waals surface area contributed by atoms with E-state index in [0.29, 0.717) is 5.92 Å². The molecule has 0 aliphatic carbocycles. The lowest BCUT2D eigenvalue weighted by Crippen LogP contribution is -2.21. The zero-order chi connectivity index (χ0) is 14.0. The second-order valence-electron chi connectivity index (χ2n) is 6.42. The molecule has 1 heterocycles. The van der Waals surface area contributed by atoms with Gasteiger partial charge in [0.25, 0.3) is 0 Å². The number of benzene rings is 1. The Hall–Kier alpha value is -1.44. The summed E-state index contributed by atoms with van der Waals surface area (Å²) in [5, 5.41) is 9.03. The Morgan fingerprint density at radius 1 is 1.21 bits per heavy atom. The Bertz CT molecular complexity index is 506. The lowest BCUT2D eigenvalue weighted by Gasteiger charge is -2.29. The molecule has 0 N–H and O–H groups in total. The molecule has 1 aromatic carbocycles. The molecular formula is C17H24N2. The zero-order valence-corrected chi connectivity index (χ0v) is 12.6. The van der Waals surface area contributed by atoms with Gasteiger partial charge in [0.05, 0.1) is 11.7 Å². The fourth-order valence-corrected chi connectivity index (χ4v) is 2.86. The highest BCUT2D eigenvalue weighted by Crippen LogP contribution is 2.38. The summed E-state index contributed by atoms with van der Waals surface area (Å²) < 4.78 is 0. The normalized spacial score (nSPS) is 20.5. The lowest BCUT2D eigenvalue weighted by atomic mass is 9.77. The van der Waals surface area contributed by atoms with E-state index in [9.17, 15) is 0 Å². The average Bonchev–Trinajstić information content (AvgIpc) is 2.49. The summed E-state index contributed by atoms with van der Waals surface area (Å²) >= 11 is 0. The first-order chi connectivity index (χ1) is 8.93. The number of rotatable bonds is 2. The van der Waals surface area contributed by atoms with E-state index in [1.807, 2.05) is 0 Å². The summed E-state index contributed by atoms with van der Waals surface area (Å²) in [4.78, 5) is 0. The van der Waals surface area contributed by atoms with Crippen LogP contribution in [-0.4, -0.2) is 0 Å². The van der Waals surface area contributed by atoms with Crippen LogP contribution in [0.25, 0.3) is 6.08 Å². The monoisotopic (exact) mass is 256 g/mol. The molecule has 1 aliphatic heterocycles. The Balaban J connectivity index is 2.48. The fourth-order valence-electron chi connectivity index (χ4n) is 2.86. The molecule has 0 saturated heterocycles. The largest absolute Gasteiger partial charge is 0.181 e. The topological polar surface area (TPSA) is 24.7 Å². The summed E-state index contributed by atoms with van der Waals surface area (Å²) in [7, 11) is 0. The van der Waals surface area contributed by atoms with Crippen LogP contribution in [-0.2, 0) is 0 Å². The molecule has 0 amide bonds. The highest BCUT2D eigenvalue weighted by Gasteiger charge is 2.28. The van der Waals surface area contributed by atoms with Crippen LogP contribution in [0.1, 0.15) is 58.2 Å². The number of fused-ring (bicyclic) bond motifs is 1. The van der Waals surface area contributed by atoms with Gasteiger partial charge in [0.2, 0.25) is 0 Å². The average molecular weight is 256 g/mol. The predicted octanol–water partition coefficient (Wildman–Crippen LogP) is 5.63. The summed E-state index contributed by atoms with van der Waals surface area (Å²) in [6.07, 6.45) is 3.31. The maximum absolute atomic E-state index is 4.54. The number of nitrogens with zero attached hydrogens (tertiary/aromatic N) is 2. The van der Waals surface area contributed by atoms with E-state index < -0.39 is 0 Å². The van der Waals surface area contributed by atoms with Gasteiger partial charge in [0.1, 0.15) is 0 Å². The van der Waals surface area contributed by atoms with Crippen molar-refractivity contribution in [3.05, 3.63) is 41.1 Å². The molecule has 1 aliphatic rings. The van der Waals surface area contributed by atoms with Gasteiger partial charge >= 0.3 is 0 Å². The van der Waals surface area contributed by atoms with Crippen LogP contribution in [0.3, 0.4) is 0 Å². The van der Waals surface area contributed by atoms with Crippen LogP contribution in [0.2, 0.25) is 0 Å². The van der Waals surface area contributed by atoms with Crippen molar-refractivity contribution in [2.45, 2.75) is 47.1 Å². The van der Waals surface area contributed by atoms with Gasteiger partial charge in [-0.05, 0) is 36.0 Å². The number of hydrogen-bond donors (Lipinski definition) is 0. The van der Waals surface area contributed by atoms with Crippen molar-refractivity contribution in [3.63, 3.8) is 0 Å². The minimum atomic E-state index is 0.141. The van der Waals surface area contributed by atoms with Crippen LogP contribution >= 0.6 is 0 Å². The molecule has 19 heavy (non-hydrogen) atoms. The van der Waals surface area contributed by atoms with Crippen molar-refractivity contribution in [2.75, 3.05) is 0 Å². The maximum atomic E-state index is 4.54. The minimum absolute atomic E-state index is 0.141. The molecule has 0 radical (unpaired) electrons. The van der Waals surface area contributed by atoms with Crippen molar-refractivity contribution in [1.29, 1.82) is 0 Å². The Morgan fingerprint density at radius 2 is 1.89 bits per heavy atom. The van der Waals surface area contributed by atoms with Crippen LogP contribution in [0, 0.1) is 11.3 Å². The van der Waals surface area contributed by atoms with Gasteiger partial charge in [-0.2, -0.15) is 10.2 Å². The van der Waals surface area contributed by atoms with Gasteiger partial charge in [-0.25, -0.2) is 0 Å². The van der Waals surface area contributed by atoms with Gasteiger partial charge in [-0.3, -0.25) is 0 Å². The molecular weight excluding hydrogens is 232 g/mol. The SMILES string of the molecule is CC[C@H](C1=Cc2ccccc2[C@H](C)N=N1)C(C)(C)C. The third-order valence-electron chi connectivity index (χ3n) is 3.91. The third-order valence-corrected chi connectivity index (χ3v) is 3.91. The molecule has 0 bridgehead atoms. The molecule has 2 atom stereocenters. The highest BCUT2D eigenvalue weighted by molar-refractivity contribution is 5.58. The fraction of sp³-hybridized carbons (Fsp3) is 0.529. The van der Waals surface area contributed by atoms with Gasteiger partial charge in [0.15, 0.2) is 0 Å². The third kappa shape index (κ3) is 2.94. The molecule has 0 fully saturated rings. The minimum Gasteiger partial charge on any atom is -0.181 e. The quantitative estimate of drug-likeness (QED) is 0.655. The molecule has 0 unspecified atom stereocenters. The lowest BCUT2D eigenvalue weighted by molar-refractivity contribution is 0.270. The van der Waals surface area contributed by atoms with Gasteiger partial charge in [-0.15, -0.1) is 0 Å². The number of allylic oxidation sites excluding steroid dienone is 1. The molecule has 102 valence electrons. The van der Waals surface area contributed by atoms with E-state index in [-0.39, 0.29) is 11.5 Å². The Labute approximate surface area is 116 Å². The smallest absolute Gasteiger partial charge is 0.0939 e. The first-order valence-corrected chi connectivity index (χ1v) is 7.15. The van der Waals surface area contributed by atoms with Gasteiger partial charge in [0, 0.05) is 5.92 Å². The zero-order valence-electron chi connectivity index (χ0n) is 12.6. The van der Waals surface area contributed by atoms with Crippen molar-refractivity contribution in [2.24, 2.45) is 21.6 Å². The first-order valence-electron chi connectivity index (χ1n) is 7.15. The first kappa shape index (κ1) is 14.0. The maximum Gasteiger partial charge on any atom is 0.0939 e. The van der Waals surface area contributed by atoms with Crippen LogP contribution < -0.4 is 0 Å². The van der Waals surface area contributed by atoms with Crippen LogP contribution in [0.4, 0.5) is 0 Å². The van der Waals surface area contributed by atoms with Gasteiger partial charge in [-0.1, -0.05) is 52.0 Å². The van der Waals surface area contributed by atoms with E-state index in [1.54, 1.807) is 0 Å². The molecule has 2 nitrogen and oxygen atoms in total. The Kier molecular flexibility index (Phi) is 3.88. The van der Waals surface area contributed by atoms with E-state index in [4.69, 9.17) is 0 Å². The molecule has 1 aromatic rings. The summed E-state index contributed by atoms with van der Waals surface area (Å²) in [6, 6.07) is 8.62. The molecule has 0 aromatic heterocycles. The standard InChI is InChI=1S/C17H24N2/c1-6-15(17(3,4)5)16-11-13-9-7-8-10-14(13)12(2)18-19-16/h7-12,15H,6H2,1-5H3/t12-,15+/m0/s1. The highest BCUT2D eigenvalue weighted by atomic mass is 15.1.